The molecule has 1 fully saturated rings. The first-order chi connectivity index (χ1) is 3.39. The minimum atomic E-state index is -0.595. The van der Waals surface area contributed by atoms with Crippen molar-refractivity contribution in [3.8, 4) is 0 Å². The van der Waals surface area contributed by atoms with Crippen LogP contribution in [0.15, 0.2) is 0 Å². The topological polar surface area (TPSA) is 9.23 Å². The molecule has 0 saturated carbocycles. The van der Waals surface area contributed by atoms with Crippen LogP contribution in [0.25, 0.3) is 0 Å². The third-order valence-electron chi connectivity index (χ3n) is 1.41. The molecule has 1 heterocycles. The first kappa shape index (κ1) is 9.18. The van der Waals surface area contributed by atoms with Crippen LogP contribution >= 0.6 is 0 Å². The van der Waals surface area contributed by atoms with Crippen molar-refractivity contribution in [3.63, 3.8) is 0 Å². The molecule has 1 nitrogen and oxygen atoms in total. The number of hydrogen-bond donors (Lipinski definition) is 0. The van der Waals surface area contributed by atoms with Gasteiger partial charge in [-0.25, -0.2) is 0 Å². The van der Waals surface area contributed by atoms with Gasteiger partial charge in [-0.3, -0.25) is 0 Å². The summed E-state index contributed by atoms with van der Waals surface area (Å²) in [6, 6.07) is 1.40. The number of hydrogen-bond acceptors (Lipinski definition) is 1. The van der Waals surface area contributed by atoms with Gasteiger partial charge in [0.2, 0.25) is 0 Å². The Morgan fingerprint density at radius 3 is 2.38 bits per heavy atom. The predicted octanol–water partition coefficient (Wildman–Crippen LogP) is 0.502. The summed E-state index contributed by atoms with van der Waals surface area (Å²) in [6.07, 6.45) is 2.73. The second kappa shape index (κ2) is 5.00. The maximum atomic E-state index is 5.42. The number of rotatable bonds is 0. The van der Waals surface area contributed by atoms with E-state index in [1.54, 1.807) is 0 Å². The molecule has 0 bridgehead atoms. The van der Waals surface area contributed by atoms with E-state index in [4.69, 9.17) is 4.43 Å². The molecule has 1 saturated heterocycles. The summed E-state index contributed by atoms with van der Waals surface area (Å²) in [6.45, 7) is 3.33. The van der Waals surface area contributed by atoms with Crippen LogP contribution in [0, 0.1) is 0 Å². The average Bonchev–Trinajstić information content (AvgIpc) is 1.69. The van der Waals surface area contributed by atoms with Gasteiger partial charge >= 0.3 is 29.6 Å². The molecule has 0 spiro atoms. The molecule has 1 rings (SSSR count). The first-order valence-electron chi connectivity index (χ1n) is 3.01. The summed E-state index contributed by atoms with van der Waals surface area (Å²) in [5.74, 6) is 0. The Bertz CT molecular complexity index is 54.4. The Balaban J connectivity index is 0.000000490. The van der Waals surface area contributed by atoms with E-state index in [0.717, 1.165) is 6.61 Å². The molecule has 0 N–H and O–H groups in total. The summed E-state index contributed by atoms with van der Waals surface area (Å²) in [4.78, 5) is 0. The summed E-state index contributed by atoms with van der Waals surface area (Å²) in [7, 11) is -0.595. The molecule has 1 atom stereocenters. The fourth-order valence-electron chi connectivity index (χ4n) is 0.902. The van der Waals surface area contributed by atoms with Gasteiger partial charge in [-0.2, -0.15) is 0 Å². The van der Waals surface area contributed by atoms with Gasteiger partial charge in [0, 0.05) is 6.61 Å². The van der Waals surface area contributed by atoms with Gasteiger partial charge < -0.3 is 4.43 Å². The van der Waals surface area contributed by atoms with E-state index in [-0.39, 0.29) is 29.6 Å². The van der Waals surface area contributed by atoms with Crippen molar-refractivity contribution in [3.05, 3.63) is 0 Å². The Hall–Kier alpha value is 1.18. The van der Waals surface area contributed by atoms with Crippen LogP contribution in [-0.4, -0.2) is 45.2 Å². The summed E-state index contributed by atoms with van der Waals surface area (Å²) < 4.78 is 5.42. The summed E-state index contributed by atoms with van der Waals surface area (Å²) in [5.41, 5.74) is 0. The van der Waals surface area contributed by atoms with Gasteiger partial charge in [0.15, 0.2) is 9.04 Å². The quantitative estimate of drug-likeness (QED) is 0.445. The SMILES string of the molecule is C[SiH]1CCCCO1.[NaH]. The second-order valence-electron chi connectivity index (χ2n) is 2.18. The average molecular weight is 140 g/mol. The van der Waals surface area contributed by atoms with Crippen molar-refractivity contribution >= 4 is 38.6 Å². The van der Waals surface area contributed by atoms with Crippen molar-refractivity contribution in [1.29, 1.82) is 0 Å². The Morgan fingerprint density at radius 1 is 1.38 bits per heavy atom. The van der Waals surface area contributed by atoms with Crippen molar-refractivity contribution in [2.75, 3.05) is 6.61 Å². The molecule has 1 unspecified atom stereocenters. The molecule has 0 radical (unpaired) electrons. The zero-order valence-corrected chi connectivity index (χ0v) is 5.97. The monoisotopic (exact) mass is 140 g/mol. The fraction of sp³-hybridized carbons (Fsp3) is 1.00. The summed E-state index contributed by atoms with van der Waals surface area (Å²) in [5, 5.41) is 0. The zero-order chi connectivity index (χ0) is 5.11. The molecule has 8 heavy (non-hydrogen) atoms. The van der Waals surface area contributed by atoms with Gasteiger partial charge in [-0.15, -0.1) is 0 Å². The van der Waals surface area contributed by atoms with E-state index >= 15 is 0 Å². The molecule has 1 aliphatic heterocycles. The van der Waals surface area contributed by atoms with Crippen LogP contribution in [0.1, 0.15) is 12.8 Å². The van der Waals surface area contributed by atoms with E-state index in [1.165, 1.54) is 18.9 Å². The van der Waals surface area contributed by atoms with Crippen LogP contribution in [0.3, 0.4) is 0 Å². The normalized spacial score (nSPS) is 28.9. The molecular weight excluding hydrogens is 127 g/mol. The van der Waals surface area contributed by atoms with Gasteiger partial charge in [0.25, 0.3) is 0 Å². The van der Waals surface area contributed by atoms with Gasteiger partial charge in [0.1, 0.15) is 0 Å². The van der Waals surface area contributed by atoms with E-state index in [1.807, 2.05) is 0 Å². The van der Waals surface area contributed by atoms with E-state index in [0.29, 0.717) is 0 Å². The van der Waals surface area contributed by atoms with Gasteiger partial charge in [-0.05, 0) is 19.0 Å². The Kier molecular flexibility index (Phi) is 5.74. The van der Waals surface area contributed by atoms with Crippen LogP contribution < -0.4 is 0 Å². The zero-order valence-electron chi connectivity index (χ0n) is 4.81. The molecule has 0 amide bonds. The molecule has 0 aromatic heterocycles. The van der Waals surface area contributed by atoms with Crippen molar-refractivity contribution < 1.29 is 4.43 Å². The molecule has 3 heteroatoms. The van der Waals surface area contributed by atoms with E-state index in [2.05, 4.69) is 6.55 Å². The van der Waals surface area contributed by atoms with Crippen LogP contribution in [0.2, 0.25) is 12.6 Å². The van der Waals surface area contributed by atoms with E-state index < -0.39 is 9.04 Å². The van der Waals surface area contributed by atoms with E-state index in [9.17, 15) is 0 Å². The molecule has 0 aromatic rings. The van der Waals surface area contributed by atoms with Crippen LogP contribution in [0.5, 0.6) is 0 Å². The molecule has 0 aliphatic carbocycles. The van der Waals surface area contributed by atoms with Crippen LogP contribution in [-0.2, 0) is 4.43 Å². The molecule has 0 aromatic carbocycles. The minimum absolute atomic E-state index is 0. The maximum absolute atomic E-state index is 5.42. The first-order valence-corrected chi connectivity index (χ1v) is 5.45. The third kappa shape index (κ3) is 3.25. The predicted molar refractivity (Wildman–Crippen MR) is 40.2 cm³/mol. The molecule has 44 valence electrons. The van der Waals surface area contributed by atoms with Gasteiger partial charge in [-0.1, -0.05) is 6.42 Å². The van der Waals surface area contributed by atoms with Crippen molar-refractivity contribution in [2.45, 2.75) is 25.4 Å². The van der Waals surface area contributed by atoms with Crippen LogP contribution in [0.4, 0.5) is 0 Å². The summed E-state index contributed by atoms with van der Waals surface area (Å²) >= 11 is 0. The third-order valence-corrected chi connectivity index (χ3v) is 3.43. The second-order valence-corrected chi connectivity index (χ2v) is 4.71. The molecule has 1 aliphatic rings. The Labute approximate surface area is 74.8 Å². The van der Waals surface area contributed by atoms with Gasteiger partial charge in [0.05, 0.1) is 0 Å². The standard InChI is InChI=1S/C5H12OSi.Na.H/c1-7-5-3-2-4-6-7;;/h7H,2-5H2,1H3;;. The van der Waals surface area contributed by atoms with Crippen molar-refractivity contribution in [1.82, 2.24) is 0 Å². The van der Waals surface area contributed by atoms with Crippen molar-refractivity contribution in [2.24, 2.45) is 0 Å². The molecular formula is C5H13NaOSi. The Morgan fingerprint density at radius 2 is 2.12 bits per heavy atom. The fourth-order valence-corrected chi connectivity index (χ4v) is 2.50.